The van der Waals surface area contributed by atoms with Gasteiger partial charge in [0.2, 0.25) is 0 Å². The van der Waals surface area contributed by atoms with E-state index in [0.29, 0.717) is 0 Å². The van der Waals surface area contributed by atoms with E-state index in [-0.39, 0.29) is 10.8 Å². The maximum absolute atomic E-state index is 2.44. The van der Waals surface area contributed by atoms with Crippen LogP contribution in [0, 0.1) is 13.8 Å². The standard InChI is InChI=1S/C40H41N/c1-26-14-18-31(19-15-26)41(30-12-10-9-11-13-30)38-25-37-34(36-24-29(40(6,7)8)17-21-33(36)38)22-27(2)32-20-16-28(23-35(32)37)39(3,4)5/h9-25H,1-8H3. The van der Waals surface area contributed by atoms with Gasteiger partial charge in [0.25, 0.3) is 0 Å². The van der Waals surface area contributed by atoms with Crippen LogP contribution < -0.4 is 4.90 Å². The Balaban J connectivity index is 1.80. The van der Waals surface area contributed by atoms with Crippen LogP contribution in [0.5, 0.6) is 0 Å². The van der Waals surface area contributed by atoms with Crippen molar-refractivity contribution in [3.8, 4) is 0 Å². The number of fused-ring (bicyclic) bond motifs is 5. The summed E-state index contributed by atoms with van der Waals surface area (Å²) in [5.74, 6) is 0. The zero-order valence-electron chi connectivity index (χ0n) is 25.8. The van der Waals surface area contributed by atoms with Gasteiger partial charge in [0.15, 0.2) is 0 Å². The molecule has 0 unspecified atom stereocenters. The van der Waals surface area contributed by atoms with Gasteiger partial charge in [-0.15, -0.1) is 0 Å². The van der Waals surface area contributed by atoms with Gasteiger partial charge >= 0.3 is 0 Å². The molecule has 1 nitrogen and oxygen atoms in total. The molecule has 0 saturated carbocycles. The minimum Gasteiger partial charge on any atom is -0.310 e. The van der Waals surface area contributed by atoms with Crippen LogP contribution in [0.15, 0.2) is 103 Å². The van der Waals surface area contributed by atoms with Gasteiger partial charge in [-0.3, -0.25) is 0 Å². The van der Waals surface area contributed by atoms with Crippen molar-refractivity contribution in [1.29, 1.82) is 0 Å². The molecule has 0 atom stereocenters. The third-order valence-corrected chi connectivity index (χ3v) is 8.53. The first-order chi connectivity index (χ1) is 19.4. The molecule has 41 heavy (non-hydrogen) atoms. The molecule has 0 aliphatic rings. The molecule has 0 N–H and O–H groups in total. The van der Waals surface area contributed by atoms with Crippen molar-refractivity contribution < 1.29 is 0 Å². The van der Waals surface area contributed by atoms with E-state index in [9.17, 15) is 0 Å². The van der Waals surface area contributed by atoms with E-state index < -0.39 is 0 Å². The zero-order chi connectivity index (χ0) is 29.1. The van der Waals surface area contributed by atoms with E-state index in [1.165, 1.54) is 60.3 Å². The molecule has 0 saturated heterocycles. The molecule has 0 bridgehead atoms. The summed E-state index contributed by atoms with van der Waals surface area (Å²) in [5.41, 5.74) is 8.94. The molecule has 0 radical (unpaired) electrons. The van der Waals surface area contributed by atoms with Gasteiger partial charge in [-0.1, -0.05) is 108 Å². The number of anilines is 3. The Morgan fingerprint density at radius 3 is 1.51 bits per heavy atom. The van der Waals surface area contributed by atoms with Crippen LogP contribution in [-0.4, -0.2) is 0 Å². The summed E-state index contributed by atoms with van der Waals surface area (Å²) in [6.07, 6.45) is 0. The number of hydrogen-bond acceptors (Lipinski definition) is 1. The highest BCUT2D eigenvalue weighted by Crippen LogP contribution is 2.45. The molecular formula is C40H41N. The van der Waals surface area contributed by atoms with Crippen LogP contribution in [0.4, 0.5) is 17.1 Å². The second-order valence-corrected chi connectivity index (χ2v) is 13.7. The summed E-state index contributed by atoms with van der Waals surface area (Å²) in [4.78, 5) is 2.43. The maximum Gasteiger partial charge on any atom is 0.0546 e. The van der Waals surface area contributed by atoms with Crippen molar-refractivity contribution in [3.63, 3.8) is 0 Å². The highest BCUT2D eigenvalue weighted by molar-refractivity contribution is 6.22. The van der Waals surface area contributed by atoms with Gasteiger partial charge in [-0.05, 0) is 111 Å². The number of nitrogens with zero attached hydrogens (tertiary/aromatic N) is 1. The van der Waals surface area contributed by atoms with Crippen molar-refractivity contribution in [3.05, 3.63) is 125 Å². The summed E-state index contributed by atoms with van der Waals surface area (Å²) < 4.78 is 0. The lowest BCUT2D eigenvalue weighted by atomic mass is 9.82. The number of para-hydroxylation sites is 1. The van der Waals surface area contributed by atoms with E-state index in [1.54, 1.807) is 0 Å². The van der Waals surface area contributed by atoms with Crippen LogP contribution in [0.1, 0.15) is 63.8 Å². The highest BCUT2D eigenvalue weighted by Gasteiger charge is 2.22. The Morgan fingerprint density at radius 2 is 0.927 bits per heavy atom. The third-order valence-electron chi connectivity index (χ3n) is 8.53. The molecule has 0 fully saturated rings. The molecule has 0 aliphatic carbocycles. The Morgan fingerprint density at radius 1 is 0.439 bits per heavy atom. The minimum atomic E-state index is 0.0535. The molecule has 206 valence electrons. The predicted molar refractivity (Wildman–Crippen MR) is 181 cm³/mol. The molecule has 0 aliphatic heterocycles. The maximum atomic E-state index is 2.44. The Bertz CT molecular complexity index is 1900. The topological polar surface area (TPSA) is 3.24 Å². The van der Waals surface area contributed by atoms with Crippen LogP contribution in [0.25, 0.3) is 32.3 Å². The number of hydrogen-bond donors (Lipinski definition) is 0. The van der Waals surface area contributed by atoms with E-state index in [1.807, 2.05) is 0 Å². The average Bonchev–Trinajstić information content (AvgIpc) is 2.94. The van der Waals surface area contributed by atoms with Gasteiger partial charge in [0.1, 0.15) is 0 Å². The largest absolute Gasteiger partial charge is 0.310 e. The van der Waals surface area contributed by atoms with Gasteiger partial charge in [0.05, 0.1) is 5.69 Å². The van der Waals surface area contributed by atoms with Gasteiger partial charge in [-0.2, -0.15) is 0 Å². The fraction of sp³-hybridized carbons (Fsp3) is 0.250. The Labute approximate surface area is 245 Å². The molecule has 1 heteroatoms. The van der Waals surface area contributed by atoms with Crippen molar-refractivity contribution >= 4 is 49.4 Å². The first-order valence-corrected chi connectivity index (χ1v) is 14.8. The summed E-state index contributed by atoms with van der Waals surface area (Å²) in [5, 5.41) is 7.85. The molecule has 6 rings (SSSR count). The van der Waals surface area contributed by atoms with Gasteiger partial charge < -0.3 is 4.90 Å². The molecule has 0 aromatic heterocycles. The van der Waals surface area contributed by atoms with E-state index in [4.69, 9.17) is 0 Å². The molecule has 6 aromatic carbocycles. The van der Waals surface area contributed by atoms with Crippen LogP contribution >= 0.6 is 0 Å². The van der Waals surface area contributed by atoms with Crippen LogP contribution in [-0.2, 0) is 10.8 Å². The lowest BCUT2D eigenvalue weighted by Crippen LogP contribution is -2.13. The minimum absolute atomic E-state index is 0.0535. The van der Waals surface area contributed by atoms with Gasteiger partial charge in [0, 0.05) is 16.8 Å². The fourth-order valence-corrected chi connectivity index (χ4v) is 6.03. The average molecular weight is 536 g/mol. The second-order valence-electron chi connectivity index (χ2n) is 13.7. The summed E-state index contributed by atoms with van der Waals surface area (Å²) >= 11 is 0. The van der Waals surface area contributed by atoms with Crippen molar-refractivity contribution in [2.24, 2.45) is 0 Å². The first kappa shape index (κ1) is 27.1. The monoisotopic (exact) mass is 535 g/mol. The molecule has 0 amide bonds. The Kier molecular flexibility index (Phi) is 6.46. The van der Waals surface area contributed by atoms with Crippen molar-refractivity contribution in [2.75, 3.05) is 4.90 Å². The normalized spacial score (nSPS) is 12.4. The molecule has 6 aromatic rings. The smallest absolute Gasteiger partial charge is 0.0546 e. The highest BCUT2D eigenvalue weighted by atomic mass is 15.1. The quantitative estimate of drug-likeness (QED) is 0.204. The van der Waals surface area contributed by atoms with Crippen molar-refractivity contribution in [1.82, 2.24) is 0 Å². The summed E-state index contributed by atoms with van der Waals surface area (Å²) in [6.45, 7) is 18.2. The number of aryl methyl sites for hydroxylation is 2. The van der Waals surface area contributed by atoms with Gasteiger partial charge in [-0.25, -0.2) is 0 Å². The molecule has 0 spiro atoms. The third kappa shape index (κ3) is 4.88. The first-order valence-electron chi connectivity index (χ1n) is 14.8. The van der Waals surface area contributed by atoms with E-state index in [2.05, 4.69) is 163 Å². The zero-order valence-corrected chi connectivity index (χ0v) is 25.8. The number of rotatable bonds is 3. The molecular weight excluding hydrogens is 494 g/mol. The van der Waals surface area contributed by atoms with E-state index >= 15 is 0 Å². The molecule has 0 heterocycles. The fourth-order valence-electron chi connectivity index (χ4n) is 6.03. The lowest BCUT2D eigenvalue weighted by Gasteiger charge is -2.29. The Hall–Kier alpha value is -4.10. The SMILES string of the molecule is Cc1ccc(N(c2ccccc2)c2cc3c4cc(C(C)(C)C)ccc4c(C)cc3c3cc(C(C)(C)C)ccc23)cc1. The van der Waals surface area contributed by atoms with E-state index in [0.717, 1.165) is 11.4 Å². The number of benzene rings is 6. The van der Waals surface area contributed by atoms with Crippen molar-refractivity contribution in [2.45, 2.75) is 66.2 Å². The summed E-state index contributed by atoms with van der Waals surface area (Å²) in [6, 6.07) is 38.7. The van der Waals surface area contributed by atoms with Crippen LogP contribution in [0.3, 0.4) is 0 Å². The lowest BCUT2D eigenvalue weighted by molar-refractivity contribution is 0.591. The predicted octanol–water partition coefficient (Wildman–Crippen LogP) is 11.8. The van der Waals surface area contributed by atoms with Crippen LogP contribution in [0.2, 0.25) is 0 Å². The second kappa shape index (κ2) is 9.77. The summed E-state index contributed by atoms with van der Waals surface area (Å²) in [7, 11) is 0.